The monoisotopic (exact) mass is 406 g/mol. The van der Waals surface area contributed by atoms with E-state index in [1.807, 2.05) is 30.3 Å². The molecule has 2 heterocycles. The number of H-pyrrole nitrogens is 1. The molecule has 2 atom stereocenters. The summed E-state index contributed by atoms with van der Waals surface area (Å²) in [5.41, 5.74) is 1.54. The lowest BCUT2D eigenvalue weighted by Crippen LogP contribution is -2.51. The van der Waals surface area contributed by atoms with Crippen molar-refractivity contribution in [2.45, 2.75) is 38.3 Å². The molecule has 9 heteroatoms. The van der Waals surface area contributed by atoms with E-state index >= 15 is 0 Å². The van der Waals surface area contributed by atoms with Crippen molar-refractivity contribution in [3.63, 3.8) is 0 Å². The van der Waals surface area contributed by atoms with Gasteiger partial charge in [-0.2, -0.15) is 0 Å². The normalized spacial score (nSPS) is 19.2. The highest BCUT2D eigenvalue weighted by molar-refractivity contribution is 5.86. The average molecular weight is 406 g/mol. The van der Waals surface area contributed by atoms with Crippen LogP contribution >= 0.6 is 0 Å². The number of carbonyl (C=O) groups is 2. The van der Waals surface area contributed by atoms with Crippen LogP contribution in [-0.4, -0.2) is 52.5 Å². The Morgan fingerprint density at radius 1 is 1.31 bits per heavy atom. The summed E-state index contributed by atoms with van der Waals surface area (Å²) < 4.78 is 33.1. The van der Waals surface area contributed by atoms with Gasteiger partial charge in [0.15, 0.2) is 0 Å². The Labute approximate surface area is 167 Å². The van der Waals surface area contributed by atoms with Crippen molar-refractivity contribution < 1.29 is 23.1 Å². The van der Waals surface area contributed by atoms with Crippen molar-refractivity contribution in [2.24, 2.45) is 5.92 Å². The van der Waals surface area contributed by atoms with Gasteiger partial charge in [-0.1, -0.05) is 44.2 Å². The van der Waals surface area contributed by atoms with Crippen LogP contribution in [0.1, 0.15) is 32.1 Å². The number of carbonyl (C=O) groups excluding carboxylic acids is 2. The Balaban J connectivity index is 1.88. The van der Waals surface area contributed by atoms with Crippen molar-refractivity contribution in [3.05, 3.63) is 42.4 Å². The number of imidazole rings is 1. The van der Waals surface area contributed by atoms with E-state index < -0.39 is 43.0 Å². The number of halogens is 2. The van der Waals surface area contributed by atoms with Gasteiger partial charge in [0, 0.05) is 6.42 Å². The average Bonchev–Trinajstić information content (AvgIpc) is 3.30. The van der Waals surface area contributed by atoms with Crippen molar-refractivity contribution in [1.29, 1.82) is 0 Å². The minimum absolute atomic E-state index is 0.287. The summed E-state index contributed by atoms with van der Waals surface area (Å²) in [6, 6.07) is 7.44. The molecule has 7 nitrogen and oxygen atoms in total. The molecule has 0 spiro atoms. The van der Waals surface area contributed by atoms with E-state index in [4.69, 9.17) is 0 Å². The number of benzene rings is 1. The summed E-state index contributed by atoms with van der Waals surface area (Å²) in [6.07, 6.45) is 0.240. The molecule has 2 amide bonds. The first-order valence-electron chi connectivity index (χ1n) is 9.35. The summed E-state index contributed by atoms with van der Waals surface area (Å²) in [4.78, 5) is 33.1. The molecule has 0 bridgehead atoms. The van der Waals surface area contributed by atoms with Crippen LogP contribution in [0.4, 0.5) is 13.6 Å². The lowest BCUT2D eigenvalue weighted by Gasteiger charge is -2.29. The maximum atomic E-state index is 14.3. The van der Waals surface area contributed by atoms with Crippen molar-refractivity contribution in [2.75, 3.05) is 13.7 Å². The Morgan fingerprint density at radius 2 is 2.00 bits per heavy atom. The number of ether oxygens (including phenoxy) is 1. The maximum absolute atomic E-state index is 14.3. The topological polar surface area (TPSA) is 87.3 Å². The predicted octanol–water partition coefficient (Wildman–Crippen LogP) is 3.37. The van der Waals surface area contributed by atoms with Crippen LogP contribution < -0.4 is 5.32 Å². The van der Waals surface area contributed by atoms with Crippen LogP contribution in [0, 0.1) is 5.92 Å². The molecule has 2 aromatic rings. The molecular formula is C20H24F2N4O3. The zero-order valence-corrected chi connectivity index (χ0v) is 16.5. The van der Waals surface area contributed by atoms with E-state index in [9.17, 15) is 18.4 Å². The molecule has 3 rings (SSSR count). The zero-order chi connectivity index (χ0) is 21.2. The molecule has 156 valence electrons. The predicted molar refractivity (Wildman–Crippen MR) is 102 cm³/mol. The first-order valence-corrected chi connectivity index (χ1v) is 9.35. The SMILES string of the molecule is COC(=O)N[C@H](C(=O)N1CC(F)(F)C[C@H]1c1ncc(-c2ccccc2)[nH]1)C(C)C. The van der Waals surface area contributed by atoms with Gasteiger partial charge in [-0.25, -0.2) is 18.6 Å². The number of likely N-dealkylation sites (tertiary alicyclic amines) is 1. The molecule has 1 saturated heterocycles. The molecule has 1 aliphatic heterocycles. The minimum Gasteiger partial charge on any atom is -0.453 e. The Kier molecular flexibility index (Phi) is 5.86. The maximum Gasteiger partial charge on any atom is 0.407 e. The third-order valence-electron chi connectivity index (χ3n) is 4.94. The standard InChI is InChI=1S/C20H24F2N4O3/c1-12(2)16(25-19(28)29-3)18(27)26-11-20(21,22)9-15(26)17-23-10-14(24-17)13-7-5-4-6-8-13/h4-8,10,12,15-16H,9,11H2,1-3H3,(H,23,24)(H,25,28)/t15-,16-/m0/s1. The van der Waals surface area contributed by atoms with E-state index in [0.29, 0.717) is 5.69 Å². The molecular weight excluding hydrogens is 382 g/mol. The number of methoxy groups -OCH3 is 1. The van der Waals surface area contributed by atoms with E-state index in [1.54, 1.807) is 20.0 Å². The van der Waals surface area contributed by atoms with Gasteiger partial charge in [-0.05, 0) is 11.5 Å². The number of alkyl halides is 2. The van der Waals surface area contributed by atoms with E-state index in [2.05, 4.69) is 20.0 Å². The van der Waals surface area contributed by atoms with Crippen LogP contribution in [0.15, 0.2) is 36.5 Å². The summed E-state index contributed by atoms with van der Waals surface area (Å²) in [7, 11) is 1.18. The van der Waals surface area contributed by atoms with E-state index in [1.165, 1.54) is 7.11 Å². The highest BCUT2D eigenvalue weighted by Gasteiger charge is 2.50. The molecule has 1 aromatic carbocycles. The molecule has 0 aliphatic carbocycles. The number of aromatic amines is 1. The summed E-state index contributed by atoms with van der Waals surface area (Å²) in [5, 5.41) is 2.45. The van der Waals surface area contributed by atoms with Gasteiger partial charge in [0.25, 0.3) is 5.92 Å². The number of rotatable bonds is 5. The number of alkyl carbamates (subject to hydrolysis) is 1. The number of nitrogens with one attached hydrogen (secondary N) is 2. The van der Waals surface area contributed by atoms with Gasteiger partial charge < -0.3 is 19.9 Å². The first-order chi connectivity index (χ1) is 13.7. The second-order valence-electron chi connectivity index (χ2n) is 7.45. The number of nitrogens with zero attached hydrogens (tertiary/aromatic N) is 2. The van der Waals surface area contributed by atoms with Gasteiger partial charge in [-0.15, -0.1) is 0 Å². The summed E-state index contributed by atoms with van der Waals surface area (Å²) in [6.45, 7) is 2.72. The zero-order valence-electron chi connectivity index (χ0n) is 16.5. The number of amides is 2. The lowest BCUT2D eigenvalue weighted by molar-refractivity contribution is -0.136. The van der Waals surface area contributed by atoms with Crippen molar-refractivity contribution in [3.8, 4) is 11.3 Å². The van der Waals surface area contributed by atoms with Crippen molar-refractivity contribution in [1.82, 2.24) is 20.2 Å². The minimum atomic E-state index is -3.05. The summed E-state index contributed by atoms with van der Waals surface area (Å²) in [5.74, 6) is -3.67. The lowest BCUT2D eigenvalue weighted by atomic mass is 10.0. The molecule has 0 saturated carbocycles. The molecule has 29 heavy (non-hydrogen) atoms. The van der Waals surface area contributed by atoms with Crippen LogP contribution in [0.2, 0.25) is 0 Å². The molecule has 2 N–H and O–H groups in total. The fraction of sp³-hybridized carbons (Fsp3) is 0.450. The summed E-state index contributed by atoms with van der Waals surface area (Å²) >= 11 is 0. The Hall–Kier alpha value is -2.97. The number of aromatic nitrogens is 2. The third-order valence-corrected chi connectivity index (χ3v) is 4.94. The fourth-order valence-corrected chi connectivity index (χ4v) is 3.44. The van der Waals surface area contributed by atoms with Crippen LogP contribution in [0.3, 0.4) is 0 Å². The van der Waals surface area contributed by atoms with Crippen LogP contribution in [0.25, 0.3) is 11.3 Å². The number of hydrogen-bond acceptors (Lipinski definition) is 4. The first kappa shape index (κ1) is 20.8. The Bertz CT molecular complexity index is 870. The second kappa shape index (κ2) is 8.18. The second-order valence-corrected chi connectivity index (χ2v) is 7.45. The fourth-order valence-electron chi connectivity index (χ4n) is 3.44. The van der Waals surface area contributed by atoms with Gasteiger partial charge in [-0.3, -0.25) is 4.79 Å². The quantitative estimate of drug-likeness (QED) is 0.797. The third kappa shape index (κ3) is 4.55. The van der Waals surface area contributed by atoms with Crippen LogP contribution in [0.5, 0.6) is 0 Å². The van der Waals surface area contributed by atoms with Gasteiger partial charge in [0.2, 0.25) is 5.91 Å². The largest absolute Gasteiger partial charge is 0.453 e. The van der Waals surface area contributed by atoms with E-state index in [0.717, 1.165) is 10.5 Å². The smallest absolute Gasteiger partial charge is 0.407 e. The van der Waals surface area contributed by atoms with Crippen molar-refractivity contribution >= 4 is 12.0 Å². The molecule has 1 aliphatic rings. The highest BCUT2D eigenvalue weighted by atomic mass is 19.3. The van der Waals surface area contributed by atoms with Gasteiger partial charge >= 0.3 is 6.09 Å². The highest BCUT2D eigenvalue weighted by Crippen LogP contribution is 2.41. The number of hydrogen-bond donors (Lipinski definition) is 2. The molecule has 1 aromatic heterocycles. The molecule has 1 fully saturated rings. The van der Waals surface area contributed by atoms with Crippen LogP contribution in [-0.2, 0) is 9.53 Å². The molecule has 0 unspecified atom stereocenters. The Morgan fingerprint density at radius 3 is 2.62 bits per heavy atom. The molecule has 0 radical (unpaired) electrons. The van der Waals surface area contributed by atoms with Gasteiger partial charge in [0.1, 0.15) is 11.9 Å². The van der Waals surface area contributed by atoms with E-state index in [-0.39, 0.29) is 11.7 Å². The van der Waals surface area contributed by atoms with Gasteiger partial charge in [0.05, 0.1) is 31.6 Å².